The van der Waals surface area contributed by atoms with Crippen LogP contribution in [0.25, 0.3) is 0 Å². The maximum atomic E-state index is 12.5. The van der Waals surface area contributed by atoms with Crippen LogP contribution in [0.15, 0.2) is 28.7 Å². The highest BCUT2D eigenvalue weighted by atomic mass is 79.9. The van der Waals surface area contributed by atoms with Gasteiger partial charge in [0.1, 0.15) is 13.3 Å². The normalized spacial score (nSPS) is 31.2. The number of esters is 1. The molecular weight excluding hydrogens is 349 g/mol. The van der Waals surface area contributed by atoms with E-state index in [0.29, 0.717) is 6.04 Å². The second-order valence-corrected chi connectivity index (χ2v) is 7.16. The molecule has 2 heterocycles. The van der Waals surface area contributed by atoms with Crippen LogP contribution in [0.1, 0.15) is 30.7 Å². The van der Waals surface area contributed by atoms with Gasteiger partial charge in [-0.3, -0.25) is 9.69 Å². The Hall–Kier alpha value is -0.940. The standard InChI is InChI=1S/C17H21BrFNO2/c1-20-13-6-7-15(20)16(17(21)22-9-8-19)14(10-13)11-2-4-12(18)5-3-11/h2-5,13-16H,6-10H2,1H3/t13-,14?,15+,16?/m1/s1. The summed E-state index contributed by atoms with van der Waals surface area (Å²) in [4.78, 5) is 14.8. The number of hydrogen-bond donors (Lipinski definition) is 0. The van der Waals surface area contributed by atoms with E-state index in [2.05, 4.69) is 40.0 Å². The van der Waals surface area contributed by atoms with Crippen LogP contribution in [-0.4, -0.2) is 43.3 Å². The number of halogens is 2. The van der Waals surface area contributed by atoms with Crippen molar-refractivity contribution in [3.05, 3.63) is 34.3 Å². The molecule has 0 aliphatic carbocycles. The highest BCUT2D eigenvalue weighted by molar-refractivity contribution is 9.10. The number of fused-ring (bicyclic) bond motifs is 2. The van der Waals surface area contributed by atoms with Crippen molar-refractivity contribution >= 4 is 21.9 Å². The first kappa shape index (κ1) is 15.9. The quantitative estimate of drug-likeness (QED) is 0.760. The summed E-state index contributed by atoms with van der Waals surface area (Å²) in [6.07, 6.45) is 3.11. The van der Waals surface area contributed by atoms with E-state index in [1.807, 2.05) is 12.1 Å². The van der Waals surface area contributed by atoms with E-state index < -0.39 is 6.67 Å². The molecule has 3 nitrogen and oxygen atoms in total. The molecule has 2 unspecified atom stereocenters. The average molecular weight is 370 g/mol. The molecule has 0 aromatic heterocycles. The molecule has 2 aliphatic rings. The van der Waals surface area contributed by atoms with Crippen molar-refractivity contribution in [2.75, 3.05) is 20.3 Å². The number of hydrogen-bond acceptors (Lipinski definition) is 3. The van der Waals surface area contributed by atoms with Gasteiger partial charge < -0.3 is 4.74 Å². The van der Waals surface area contributed by atoms with Crippen molar-refractivity contribution in [3.63, 3.8) is 0 Å². The van der Waals surface area contributed by atoms with Crippen LogP contribution in [0.4, 0.5) is 4.39 Å². The zero-order valence-electron chi connectivity index (χ0n) is 12.7. The summed E-state index contributed by atoms with van der Waals surface area (Å²) < 4.78 is 18.5. The van der Waals surface area contributed by atoms with Crippen LogP contribution < -0.4 is 0 Å². The van der Waals surface area contributed by atoms with E-state index in [4.69, 9.17) is 4.74 Å². The minimum absolute atomic E-state index is 0.137. The minimum atomic E-state index is -0.620. The van der Waals surface area contributed by atoms with Crippen LogP contribution in [-0.2, 0) is 9.53 Å². The first-order chi connectivity index (χ1) is 10.6. The SMILES string of the molecule is CN1[C@@H]2CC[C@H]1C(C(=O)OCCF)C(c1ccc(Br)cc1)C2. The van der Waals surface area contributed by atoms with Gasteiger partial charge in [0.2, 0.25) is 0 Å². The zero-order chi connectivity index (χ0) is 15.7. The third kappa shape index (κ3) is 2.93. The number of rotatable bonds is 4. The Morgan fingerprint density at radius 1 is 1.36 bits per heavy atom. The Bertz CT molecular complexity index is 536. The number of carbonyl (C=O) groups is 1. The summed E-state index contributed by atoms with van der Waals surface area (Å²) in [6, 6.07) is 8.92. The number of benzene rings is 1. The highest BCUT2D eigenvalue weighted by Crippen LogP contribution is 2.46. The molecular formula is C17H21BrFNO2. The molecule has 3 rings (SSSR count). The molecule has 2 fully saturated rings. The molecule has 5 heteroatoms. The van der Waals surface area contributed by atoms with Gasteiger partial charge in [0.05, 0.1) is 5.92 Å². The lowest BCUT2D eigenvalue weighted by atomic mass is 9.76. The minimum Gasteiger partial charge on any atom is -0.463 e. The van der Waals surface area contributed by atoms with Crippen molar-refractivity contribution in [2.45, 2.75) is 37.3 Å². The van der Waals surface area contributed by atoms with Crippen LogP contribution >= 0.6 is 15.9 Å². The lowest BCUT2D eigenvalue weighted by molar-refractivity contribution is -0.153. The van der Waals surface area contributed by atoms with E-state index in [0.717, 1.165) is 23.7 Å². The molecule has 0 amide bonds. The van der Waals surface area contributed by atoms with Gasteiger partial charge in [-0.05, 0) is 44.0 Å². The van der Waals surface area contributed by atoms with Gasteiger partial charge >= 0.3 is 5.97 Å². The van der Waals surface area contributed by atoms with Crippen molar-refractivity contribution in [2.24, 2.45) is 5.92 Å². The maximum Gasteiger partial charge on any atom is 0.311 e. The topological polar surface area (TPSA) is 29.5 Å². The largest absolute Gasteiger partial charge is 0.463 e. The molecule has 1 aromatic rings. The monoisotopic (exact) mass is 369 g/mol. The Morgan fingerprint density at radius 2 is 2.09 bits per heavy atom. The summed E-state index contributed by atoms with van der Waals surface area (Å²) in [7, 11) is 2.09. The summed E-state index contributed by atoms with van der Waals surface area (Å²) in [5.41, 5.74) is 1.18. The Labute approximate surface area is 139 Å². The van der Waals surface area contributed by atoms with Crippen molar-refractivity contribution in [1.29, 1.82) is 0 Å². The summed E-state index contributed by atoms with van der Waals surface area (Å²) in [5.74, 6) is -0.284. The number of piperidine rings is 1. The van der Waals surface area contributed by atoms with Crippen LogP contribution in [0.5, 0.6) is 0 Å². The van der Waals surface area contributed by atoms with Crippen molar-refractivity contribution in [1.82, 2.24) is 4.90 Å². The van der Waals surface area contributed by atoms with E-state index in [-0.39, 0.29) is 30.5 Å². The first-order valence-electron chi connectivity index (χ1n) is 7.82. The zero-order valence-corrected chi connectivity index (χ0v) is 14.3. The van der Waals surface area contributed by atoms with Gasteiger partial charge in [-0.1, -0.05) is 28.1 Å². The first-order valence-corrected chi connectivity index (χ1v) is 8.61. The fourth-order valence-electron chi connectivity index (χ4n) is 4.08. The van der Waals surface area contributed by atoms with Gasteiger partial charge in [-0.2, -0.15) is 0 Å². The molecule has 0 N–H and O–H groups in total. The summed E-state index contributed by atoms with van der Waals surface area (Å²) in [6.45, 7) is -0.757. The molecule has 4 atom stereocenters. The molecule has 0 radical (unpaired) electrons. The number of alkyl halides is 1. The predicted molar refractivity (Wildman–Crippen MR) is 86.5 cm³/mol. The van der Waals surface area contributed by atoms with Crippen LogP contribution in [0.3, 0.4) is 0 Å². The fraction of sp³-hybridized carbons (Fsp3) is 0.588. The second kappa shape index (κ2) is 6.67. The fourth-order valence-corrected chi connectivity index (χ4v) is 4.34. The second-order valence-electron chi connectivity index (χ2n) is 6.24. The molecule has 0 saturated carbocycles. The van der Waals surface area contributed by atoms with Gasteiger partial charge in [-0.25, -0.2) is 4.39 Å². The van der Waals surface area contributed by atoms with Crippen molar-refractivity contribution in [3.8, 4) is 0 Å². The van der Waals surface area contributed by atoms with E-state index in [9.17, 15) is 9.18 Å². The molecule has 2 aliphatic heterocycles. The lowest BCUT2D eigenvalue weighted by Gasteiger charge is -2.41. The van der Waals surface area contributed by atoms with Gasteiger partial charge in [0, 0.05) is 22.5 Å². The molecule has 120 valence electrons. The summed E-state index contributed by atoms with van der Waals surface area (Å²) in [5, 5.41) is 0. The van der Waals surface area contributed by atoms with Crippen LogP contribution in [0.2, 0.25) is 0 Å². The van der Waals surface area contributed by atoms with Crippen LogP contribution in [0, 0.1) is 5.92 Å². The maximum absolute atomic E-state index is 12.5. The lowest BCUT2D eigenvalue weighted by Crippen LogP contribution is -2.49. The average Bonchev–Trinajstić information content (AvgIpc) is 2.75. The molecule has 2 saturated heterocycles. The summed E-state index contributed by atoms with van der Waals surface area (Å²) >= 11 is 3.45. The number of ether oxygens (including phenoxy) is 1. The van der Waals surface area contributed by atoms with Gasteiger partial charge in [0.25, 0.3) is 0 Å². The molecule has 1 aromatic carbocycles. The molecule has 2 bridgehead atoms. The smallest absolute Gasteiger partial charge is 0.311 e. The van der Waals surface area contributed by atoms with E-state index in [1.54, 1.807) is 0 Å². The number of nitrogens with zero attached hydrogens (tertiary/aromatic N) is 1. The van der Waals surface area contributed by atoms with Gasteiger partial charge in [0.15, 0.2) is 0 Å². The Morgan fingerprint density at radius 3 is 2.77 bits per heavy atom. The molecule has 22 heavy (non-hydrogen) atoms. The Balaban J connectivity index is 1.88. The van der Waals surface area contributed by atoms with Gasteiger partial charge in [-0.15, -0.1) is 0 Å². The number of carbonyl (C=O) groups excluding carboxylic acids is 1. The predicted octanol–water partition coefficient (Wildman–Crippen LogP) is 3.53. The third-order valence-corrected chi connectivity index (χ3v) is 5.69. The Kier molecular flexibility index (Phi) is 4.83. The van der Waals surface area contributed by atoms with Crippen molar-refractivity contribution < 1.29 is 13.9 Å². The third-order valence-electron chi connectivity index (χ3n) is 5.16. The molecule has 0 spiro atoms. The van der Waals surface area contributed by atoms with E-state index in [1.165, 1.54) is 5.56 Å². The highest BCUT2D eigenvalue weighted by Gasteiger charge is 2.49. The van der Waals surface area contributed by atoms with E-state index >= 15 is 0 Å².